The van der Waals surface area contributed by atoms with Gasteiger partial charge in [-0.25, -0.2) is 0 Å². The molecule has 0 radical (unpaired) electrons. The Morgan fingerprint density at radius 2 is 1.50 bits per heavy atom. The van der Waals surface area contributed by atoms with Crippen molar-refractivity contribution in [3.63, 3.8) is 0 Å². The number of hydrogen-bond acceptors (Lipinski definition) is 3. The van der Waals surface area contributed by atoms with Gasteiger partial charge in [0.1, 0.15) is 13.2 Å². The van der Waals surface area contributed by atoms with Crippen LogP contribution in [0.5, 0.6) is 0 Å². The molecule has 3 heteroatoms. The van der Waals surface area contributed by atoms with Crippen LogP contribution in [0, 0.1) is 23.7 Å². The molecular weight excluding hydrogens is 178 g/mol. The highest BCUT2D eigenvalue weighted by Crippen LogP contribution is 1.99. The Labute approximate surface area is 82.4 Å². The molecule has 3 nitrogen and oxygen atoms in total. The zero-order valence-corrected chi connectivity index (χ0v) is 7.49. The van der Waals surface area contributed by atoms with Gasteiger partial charge in [0.05, 0.1) is 0 Å². The predicted octanol–water partition coefficient (Wildman–Crippen LogP) is -0.231. The van der Waals surface area contributed by atoms with E-state index in [1.54, 1.807) is 18.5 Å². The van der Waals surface area contributed by atoms with Crippen molar-refractivity contribution in [1.29, 1.82) is 0 Å². The molecule has 0 aromatic carbocycles. The maximum absolute atomic E-state index is 8.48. The van der Waals surface area contributed by atoms with Gasteiger partial charge in [-0.3, -0.25) is 4.98 Å². The van der Waals surface area contributed by atoms with Crippen LogP contribution in [0.1, 0.15) is 11.1 Å². The summed E-state index contributed by atoms with van der Waals surface area (Å²) in [5.41, 5.74) is 1.40. The van der Waals surface area contributed by atoms with Crippen molar-refractivity contribution in [3.8, 4) is 23.7 Å². The van der Waals surface area contributed by atoms with E-state index in [0.29, 0.717) is 11.1 Å². The van der Waals surface area contributed by atoms with Crippen molar-refractivity contribution in [2.75, 3.05) is 13.2 Å². The lowest BCUT2D eigenvalue weighted by Crippen LogP contribution is -1.83. The molecule has 0 aliphatic heterocycles. The van der Waals surface area contributed by atoms with Crippen molar-refractivity contribution in [2.45, 2.75) is 0 Å². The highest BCUT2D eigenvalue weighted by Gasteiger charge is 1.89. The summed E-state index contributed by atoms with van der Waals surface area (Å²) in [5.74, 6) is 10.5. The van der Waals surface area contributed by atoms with E-state index in [1.807, 2.05) is 0 Å². The molecule has 0 amide bonds. The Hall–Kier alpha value is -1.81. The first kappa shape index (κ1) is 10.3. The summed E-state index contributed by atoms with van der Waals surface area (Å²) in [4.78, 5) is 3.92. The zero-order chi connectivity index (χ0) is 10.2. The van der Waals surface area contributed by atoms with Gasteiger partial charge in [-0.1, -0.05) is 23.7 Å². The topological polar surface area (TPSA) is 53.4 Å². The number of aromatic nitrogens is 1. The first-order valence-corrected chi connectivity index (χ1v) is 4.01. The number of hydrogen-bond donors (Lipinski definition) is 2. The van der Waals surface area contributed by atoms with Gasteiger partial charge < -0.3 is 10.2 Å². The van der Waals surface area contributed by atoms with Gasteiger partial charge in [0, 0.05) is 23.5 Å². The second kappa shape index (κ2) is 5.77. The highest BCUT2D eigenvalue weighted by molar-refractivity contribution is 5.40. The summed E-state index contributed by atoms with van der Waals surface area (Å²) in [7, 11) is 0. The maximum Gasteiger partial charge on any atom is 0.104 e. The molecule has 0 bridgehead atoms. The zero-order valence-electron chi connectivity index (χ0n) is 7.49. The smallest absolute Gasteiger partial charge is 0.104 e. The van der Waals surface area contributed by atoms with Crippen LogP contribution in [0.3, 0.4) is 0 Å². The van der Waals surface area contributed by atoms with E-state index in [-0.39, 0.29) is 13.2 Å². The van der Waals surface area contributed by atoms with Crippen LogP contribution in [0.2, 0.25) is 0 Å². The molecule has 0 saturated heterocycles. The van der Waals surface area contributed by atoms with E-state index in [4.69, 9.17) is 10.2 Å². The van der Waals surface area contributed by atoms with Crippen LogP contribution in [0.4, 0.5) is 0 Å². The standard InChI is InChI=1S/C11H9NO2/c13-5-1-3-10-7-11(4-2-6-14)9-12-8-10/h7-9,13-14H,5-6H2. The third-order valence-electron chi connectivity index (χ3n) is 1.36. The molecule has 14 heavy (non-hydrogen) atoms. The van der Waals surface area contributed by atoms with Crippen LogP contribution in [0.15, 0.2) is 18.5 Å². The van der Waals surface area contributed by atoms with E-state index in [2.05, 4.69) is 28.7 Å². The van der Waals surface area contributed by atoms with E-state index >= 15 is 0 Å². The molecular formula is C11H9NO2. The minimum absolute atomic E-state index is 0.174. The second-order valence-electron chi connectivity index (χ2n) is 2.38. The molecule has 0 spiro atoms. The molecule has 0 fully saturated rings. The Morgan fingerprint density at radius 1 is 1.00 bits per heavy atom. The molecule has 0 atom stereocenters. The van der Waals surface area contributed by atoms with Crippen molar-refractivity contribution in [3.05, 3.63) is 29.6 Å². The fourth-order valence-corrected chi connectivity index (χ4v) is 0.860. The third kappa shape index (κ3) is 3.28. The molecule has 0 saturated carbocycles. The first-order valence-electron chi connectivity index (χ1n) is 4.01. The van der Waals surface area contributed by atoms with Crippen molar-refractivity contribution < 1.29 is 10.2 Å². The molecule has 0 aliphatic carbocycles. The number of pyridine rings is 1. The third-order valence-corrected chi connectivity index (χ3v) is 1.36. The molecule has 0 aliphatic rings. The number of aliphatic hydroxyl groups is 2. The van der Waals surface area contributed by atoms with E-state index in [9.17, 15) is 0 Å². The van der Waals surface area contributed by atoms with E-state index < -0.39 is 0 Å². The Kier molecular flexibility index (Phi) is 4.23. The predicted molar refractivity (Wildman–Crippen MR) is 52.2 cm³/mol. The minimum atomic E-state index is -0.174. The van der Waals surface area contributed by atoms with Crippen LogP contribution in [-0.2, 0) is 0 Å². The molecule has 1 rings (SSSR count). The van der Waals surface area contributed by atoms with Gasteiger partial charge >= 0.3 is 0 Å². The van der Waals surface area contributed by atoms with Crippen LogP contribution in [-0.4, -0.2) is 28.4 Å². The van der Waals surface area contributed by atoms with E-state index in [0.717, 1.165) is 0 Å². The molecule has 1 aromatic rings. The quantitative estimate of drug-likeness (QED) is 0.551. The summed E-state index contributed by atoms with van der Waals surface area (Å²) in [6.07, 6.45) is 3.18. The van der Waals surface area contributed by atoms with E-state index in [1.165, 1.54) is 0 Å². The fourth-order valence-electron chi connectivity index (χ4n) is 0.860. The lowest BCUT2D eigenvalue weighted by Gasteiger charge is -1.90. The average Bonchev–Trinajstić information content (AvgIpc) is 2.24. The molecule has 0 unspecified atom stereocenters. The lowest BCUT2D eigenvalue weighted by atomic mass is 10.2. The monoisotopic (exact) mass is 187 g/mol. The summed E-state index contributed by atoms with van der Waals surface area (Å²) < 4.78 is 0. The SMILES string of the molecule is OCC#Cc1cncc(C#CCO)c1. The Balaban J connectivity index is 2.89. The molecule has 1 heterocycles. The van der Waals surface area contributed by atoms with Crippen molar-refractivity contribution >= 4 is 0 Å². The largest absolute Gasteiger partial charge is 0.384 e. The number of aliphatic hydroxyl groups excluding tert-OH is 2. The summed E-state index contributed by atoms with van der Waals surface area (Å²) in [5, 5.41) is 17.0. The van der Waals surface area contributed by atoms with Gasteiger partial charge in [0.25, 0.3) is 0 Å². The van der Waals surface area contributed by atoms with Crippen molar-refractivity contribution in [2.24, 2.45) is 0 Å². The summed E-state index contributed by atoms with van der Waals surface area (Å²) in [6.45, 7) is -0.348. The normalized spacial score (nSPS) is 8.14. The summed E-state index contributed by atoms with van der Waals surface area (Å²) >= 11 is 0. The average molecular weight is 187 g/mol. The summed E-state index contributed by atoms with van der Waals surface area (Å²) in [6, 6.07) is 1.75. The molecule has 2 N–H and O–H groups in total. The number of rotatable bonds is 0. The van der Waals surface area contributed by atoms with Crippen molar-refractivity contribution in [1.82, 2.24) is 4.98 Å². The lowest BCUT2D eigenvalue weighted by molar-refractivity contribution is 0.350. The van der Waals surface area contributed by atoms with Gasteiger partial charge in [-0.15, -0.1) is 0 Å². The minimum Gasteiger partial charge on any atom is -0.384 e. The fraction of sp³-hybridized carbons (Fsp3) is 0.182. The molecule has 1 aromatic heterocycles. The van der Waals surface area contributed by atoms with Crippen LogP contribution < -0.4 is 0 Å². The Bertz CT molecular complexity index is 381. The van der Waals surface area contributed by atoms with Gasteiger partial charge in [0.15, 0.2) is 0 Å². The van der Waals surface area contributed by atoms with Gasteiger partial charge in [-0.2, -0.15) is 0 Å². The van der Waals surface area contributed by atoms with Crippen LogP contribution in [0.25, 0.3) is 0 Å². The highest BCUT2D eigenvalue weighted by atomic mass is 16.3. The second-order valence-corrected chi connectivity index (χ2v) is 2.38. The van der Waals surface area contributed by atoms with Gasteiger partial charge in [0.2, 0.25) is 0 Å². The first-order chi connectivity index (χ1) is 6.86. The molecule has 70 valence electrons. The maximum atomic E-state index is 8.48. The Morgan fingerprint density at radius 3 is 1.93 bits per heavy atom. The van der Waals surface area contributed by atoms with Gasteiger partial charge in [-0.05, 0) is 6.07 Å². The number of nitrogens with zero attached hydrogens (tertiary/aromatic N) is 1. The van der Waals surface area contributed by atoms with Crippen LogP contribution >= 0.6 is 0 Å².